The molecule has 8 heavy (non-hydrogen) atoms. The standard InChI is InChI=1S/C7H8O/c1-5-3-7(8)4-6(5)2/h4H,1,3H2,2H3. The summed E-state index contributed by atoms with van der Waals surface area (Å²) in [6, 6.07) is 0. The van der Waals surface area contributed by atoms with Gasteiger partial charge >= 0.3 is 0 Å². The topological polar surface area (TPSA) is 17.1 Å². The molecule has 0 aromatic heterocycles. The number of ketones is 1. The molecule has 0 aromatic rings. The van der Waals surface area contributed by atoms with Crippen LogP contribution >= 0.6 is 0 Å². The van der Waals surface area contributed by atoms with E-state index in [4.69, 9.17) is 0 Å². The summed E-state index contributed by atoms with van der Waals surface area (Å²) in [5.41, 5.74) is 2.00. The summed E-state index contributed by atoms with van der Waals surface area (Å²) < 4.78 is 0. The third-order valence-electron chi connectivity index (χ3n) is 1.32. The van der Waals surface area contributed by atoms with Crippen LogP contribution in [0.1, 0.15) is 13.3 Å². The molecule has 1 rings (SSSR count). The zero-order valence-corrected chi connectivity index (χ0v) is 4.90. The third-order valence-corrected chi connectivity index (χ3v) is 1.32. The minimum atomic E-state index is 0.188. The van der Waals surface area contributed by atoms with E-state index in [-0.39, 0.29) is 5.78 Å². The summed E-state index contributed by atoms with van der Waals surface area (Å²) >= 11 is 0. The Morgan fingerprint density at radius 2 is 2.38 bits per heavy atom. The van der Waals surface area contributed by atoms with Crippen LogP contribution < -0.4 is 0 Å². The summed E-state index contributed by atoms with van der Waals surface area (Å²) in [5.74, 6) is 0.188. The highest BCUT2D eigenvalue weighted by atomic mass is 16.1. The van der Waals surface area contributed by atoms with Crippen LogP contribution in [0.2, 0.25) is 0 Å². The molecule has 0 spiro atoms. The molecule has 0 saturated carbocycles. The van der Waals surface area contributed by atoms with Crippen molar-refractivity contribution in [3.8, 4) is 0 Å². The number of rotatable bonds is 0. The first-order valence-corrected chi connectivity index (χ1v) is 2.59. The Kier molecular flexibility index (Phi) is 1.05. The lowest BCUT2D eigenvalue weighted by Crippen LogP contribution is -1.82. The number of hydrogen-bond acceptors (Lipinski definition) is 1. The molecule has 0 aliphatic heterocycles. The molecule has 1 aliphatic carbocycles. The van der Waals surface area contributed by atoms with Crippen molar-refractivity contribution >= 4 is 5.78 Å². The van der Waals surface area contributed by atoms with E-state index >= 15 is 0 Å². The van der Waals surface area contributed by atoms with Crippen molar-refractivity contribution in [1.29, 1.82) is 0 Å². The van der Waals surface area contributed by atoms with Crippen LogP contribution in [0.15, 0.2) is 23.8 Å². The molecule has 0 atom stereocenters. The van der Waals surface area contributed by atoms with Gasteiger partial charge in [-0.1, -0.05) is 6.58 Å². The Morgan fingerprint density at radius 3 is 2.50 bits per heavy atom. The van der Waals surface area contributed by atoms with E-state index in [1.54, 1.807) is 6.08 Å². The molecule has 1 nitrogen and oxygen atoms in total. The minimum Gasteiger partial charge on any atom is -0.294 e. The summed E-state index contributed by atoms with van der Waals surface area (Å²) in [4.78, 5) is 10.5. The average Bonchev–Trinajstić information content (AvgIpc) is 1.85. The molecule has 0 unspecified atom stereocenters. The van der Waals surface area contributed by atoms with Crippen LogP contribution in [0.25, 0.3) is 0 Å². The Balaban J connectivity index is 2.88. The molecule has 0 heterocycles. The molecule has 42 valence electrons. The van der Waals surface area contributed by atoms with Crippen molar-refractivity contribution in [1.82, 2.24) is 0 Å². The highest BCUT2D eigenvalue weighted by molar-refractivity contribution is 5.96. The molecule has 0 fully saturated rings. The Hall–Kier alpha value is -0.850. The highest BCUT2D eigenvalue weighted by Crippen LogP contribution is 2.18. The van der Waals surface area contributed by atoms with E-state index in [1.807, 2.05) is 6.92 Å². The van der Waals surface area contributed by atoms with Gasteiger partial charge in [-0.3, -0.25) is 4.79 Å². The second kappa shape index (κ2) is 1.58. The van der Waals surface area contributed by atoms with Crippen LogP contribution in [0, 0.1) is 0 Å². The summed E-state index contributed by atoms with van der Waals surface area (Å²) in [6.07, 6.45) is 2.17. The van der Waals surface area contributed by atoms with Gasteiger partial charge in [-0.25, -0.2) is 0 Å². The van der Waals surface area contributed by atoms with Crippen molar-refractivity contribution in [3.63, 3.8) is 0 Å². The molecular formula is C7H8O. The van der Waals surface area contributed by atoms with E-state index < -0.39 is 0 Å². The van der Waals surface area contributed by atoms with Crippen molar-refractivity contribution in [2.24, 2.45) is 0 Å². The zero-order valence-electron chi connectivity index (χ0n) is 4.90. The first-order valence-electron chi connectivity index (χ1n) is 2.59. The second-order valence-electron chi connectivity index (χ2n) is 2.07. The van der Waals surface area contributed by atoms with Gasteiger partial charge in [0.25, 0.3) is 0 Å². The van der Waals surface area contributed by atoms with Crippen molar-refractivity contribution < 1.29 is 4.79 Å². The predicted molar refractivity (Wildman–Crippen MR) is 32.5 cm³/mol. The van der Waals surface area contributed by atoms with Crippen molar-refractivity contribution in [3.05, 3.63) is 23.8 Å². The number of allylic oxidation sites excluding steroid dienone is 3. The van der Waals surface area contributed by atoms with Gasteiger partial charge in [0.05, 0.1) is 0 Å². The van der Waals surface area contributed by atoms with Gasteiger partial charge in [-0.15, -0.1) is 0 Å². The fraction of sp³-hybridized carbons (Fsp3) is 0.286. The summed E-state index contributed by atoms with van der Waals surface area (Å²) in [6.45, 7) is 5.61. The maximum absolute atomic E-state index is 10.5. The Bertz CT molecular complexity index is 175. The first-order chi connectivity index (χ1) is 3.70. The van der Waals surface area contributed by atoms with Gasteiger partial charge < -0.3 is 0 Å². The van der Waals surface area contributed by atoms with E-state index in [2.05, 4.69) is 6.58 Å². The number of hydrogen-bond donors (Lipinski definition) is 0. The lowest BCUT2D eigenvalue weighted by atomic mass is 10.2. The van der Waals surface area contributed by atoms with E-state index in [0.717, 1.165) is 11.1 Å². The molecule has 0 amide bonds. The smallest absolute Gasteiger partial charge is 0.160 e. The second-order valence-corrected chi connectivity index (χ2v) is 2.07. The number of carbonyl (C=O) groups excluding carboxylic acids is 1. The zero-order chi connectivity index (χ0) is 6.15. The van der Waals surface area contributed by atoms with Crippen molar-refractivity contribution in [2.45, 2.75) is 13.3 Å². The molecule has 0 saturated heterocycles. The predicted octanol–water partition coefficient (Wildman–Crippen LogP) is 1.46. The van der Waals surface area contributed by atoms with Gasteiger partial charge in [-0.2, -0.15) is 0 Å². The van der Waals surface area contributed by atoms with E-state index in [9.17, 15) is 4.79 Å². The molecular weight excluding hydrogens is 100 g/mol. The Morgan fingerprint density at radius 1 is 1.75 bits per heavy atom. The first kappa shape index (κ1) is 5.29. The van der Waals surface area contributed by atoms with Crippen LogP contribution in [0.3, 0.4) is 0 Å². The quantitative estimate of drug-likeness (QED) is 0.459. The fourth-order valence-electron chi connectivity index (χ4n) is 0.744. The fourth-order valence-corrected chi connectivity index (χ4v) is 0.744. The van der Waals surface area contributed by atoms with Gasteiger partial charge in [0.2, 0.25) is 0 Å². The maximum atomic E-state index is 10.5. The normalized spacial score (nSPS) is 19.4. The molecule has 0 radical (unpaired) electrons. The SMILES string of the molecule is C=C1CC(=O)C=C1C. The van der Waals surface area contributed by atoms with Gasteiger partial charge in [0, 0.05) is 6.42 Å². The lowest BCUT2D eigenvalue weighted by Gasteiger charge is -1.87. The molecule has 0 bridgehead atoms. The van der Waals surface area contributed by atoms with Gasteiger partial charge in [-0.05, 0) is 24.1 Å². The lowest BCUT2D eigenvalue weighted by molar-refractivity contribution is -0.113. The van der Waals surface area contributed by atoms with Crippen LogP contribution in [-0.4, -0.2) is 5.78 Å². The van der Waals surface area contributed by atoms with Gasteiger partial charge in [0.15, 0.2) is 5.78 Å². The van der Waals surface area contributed by atoms with Crippen LogP contribution in [0.4, 0.5) is 0 Å². The molecule has 1 heteroatoms. The Labute approximate surface area is 48.7 Å². The average molecular weight is 108 g/mol. The largest absolute Gasteiger partial charge is 0.294 e. The summed E-state index contributed by atoms with van der Waals surface area (Å²) in [7, 11) is 0. The highest BCUT2D eigenvalue weighted by Gasteiger charge is 2.10. The maximum Gasteiger partial charge on any atom is 0.160 e. The third kappa shape index (κ3) is 0.713. The van der Waals surface area contributed by atoms with E-state index in [0.29, 0.717) is 6.42 Å². The minimum absolute atomic E-state index is 0.188. The molecule has 1 aliphatic rings. The summed E-state index contributed by atoms with van der Waals surface area (Å²) in [5, 5.41) is 0. The molecule has 0 aromatic carbocycles. The molecule has 0 N–H and O–H groups in total. The monoisotopic (exact) mass is 108 g/mol. The van der Waals surface area contributed by atoms with Crippen LogP contribution in [-0.2, 0) is 4.79 Å². The number of carbonyl (C=O) groups is 1. The van der Waals surface area contributed by atoms with Gasteiger partial charge in [0.1, 0.15) is 0 Å². The van der Waals surface area contributed by atoms with E-state index in [1.165, 1.54) is 0 Å². The van der Waals surface area contributed by atoms with Crippen molar-refractivity contribution in [2.75, 3.05) is 0 Å². The van der Waals surface area contributed by atoms with Crippen LogP contribution in [0.5, 0.6) is 0 Å².